The number of amides is 3. The molecule has 1 heterocycles. The number of aliphatic hydroxyl groups is 1. The molecule has 11 heteroatoms. The van der Waals surface area contributed by atoms with E-state index in [1.54, 1.807) is 37.1 Å². The molecule has 0 bridgehead atoms. The van der Waals surface area contributed by atoms with Crippen LogP contribution in [0.5, 0.6) is 5.75 Å². The number of carbonyl (C=O) groups is 2. The molecule has 10 nitrogen and oxygen atoms in total. The second kappa shape index (κ2) is 13.2. The maximum Gasteiger partial charge on any atom is 0.321 e. The molecular weight excluding hydrogens is 592 g/mol. The number of fused-ring (bicyclic) bond motifs is 2. The quantitative estimate of drug-likeness (QED) is 0.241. The molecule has 1 aliphatic heterocycles. The molecule has 4 aromatic rings. The summed E-state index contributed by atoms with van der Waals surface area (Å²) in [6.45, 7) is 5.74. The zero-order chi connectivity index (χ0) is 32.3. The fourth-order valence-electron chi connectivity index (χ4n) is 5.33. The lowest BCUT2D eigenvalue weighted by atomic mass is 9.99. The molecule has 0 radical (unpaired) electrons. The molecule has 4 aromatic carbocycles. The summed E-state index contributed by atoms with van der Waals surface area (Å²) in [5.41, 5.74) is 1.96. The van der Waals surface area contributed by atoms with Crippen LogP contribution in [-0.2, 0) is 10.0 Å². The van der Waals surface area contributed by atoms with E-state index in [4.69, 9.17) is 4.74 Å². The Kier molecular flexibility index (Phi) is 9.31. The van der Waals surface area contributed by atoms with Crippen molar-refractivity contribution in [2.24, 2.45) is 5.92 Å². The van der Waals surface area contributed by atoms with Crippen molar-refractivity contribution in [3.8, 4) is 5.75 Å². The Morgan fingerprint density at radius 2 is 1.78 bits per heavy atom. The van der Waals surface area contributed by atoms with Gasteiger partial charge in [-0.1, -0.05) is 61.0 Å². The number of urea groups is 1. The minimum Gasteiger partial charge on any atom is -0.487 e. The van der Waals surface area contributed by atoms with Crippen LogP contribution in [0.1, 0.15) is 29.8 Å². The summed E-state index contributed by atoms with van der Waals surface area (Å²) in [6.07, 6.45) is -0.524. The second-order valence-corrected chi connectivity index (χ2v) is 13.3. The number of benzene rings is 4. The third-order valence-corrected chi connectivity index (χ3v) is 9.48. The highest BCUT2D eigenvalue weighted by molar-refractivity contribution is 7.92. The largest absolute Gasteiger partial charge is 0.487 e. The average molecular weight is 631 g/mol. The molecule has 3 N–H and O–H groups in total. The lowest BCUT2D eigenvalue weighted by molar-refractivity contribution is 0.0371. The number of aliphatic hydroxyl groups excluding tert-OH is 1. The van der Waals surface area contributed by atoms with Crippen molar-refractivity contribution in [3.63, 3.8) is 0 Å². The number of nitrogens with zero attached hydrogens (tertiary/aromatic N) is 2. The van der Waals surface area contributed by atoms with E-state index in [1.807, 2.05) is 56.3 Å². The molecule has 0 fully saturated rings. The molecule has 0 spiro atoms. The van der Waals surface area contributed by atoms with E-state index in [2.05, 4.69) is 10.0 Å². The monoisotopic (exact) mass is 630 g/mol. The summed E-state index contributed by atoms with van der Waals surface area (Å²) in [5.74, 6) is -0.355. The van der Waals surface area contributed by atoms with Crippen LogP contribution in [-0.4, -0.2) is 74.2 Å². The van der Waals surface area contributed by atoms with Gasteiger partial charge in [-0.05, 0) is 55.6 Å². The van der Waals surface area contributed by atoms with Crippen molar-refractivity contribution in [2.45, 2.75) is 37.8 Å². The van der Waals surface area contributed by atoms with Gasteiger partial charge in [-0.25, -0.2) is 13.2 Å². The molecule has 5 rings (SSSR count). The minimum atomic E-state index is -3.92. The fraction of sp³-hybridized carbons (Fsp3) is 0.294. The maximum absolute atomic E-state index is 13.8. The third-order valence-electron chi connectivity index (χ3n) is 8.08. The summed E-state index contributed by atoms with van der Waals surface area (Å²) in [5, 5.41) is 14.9. The fourth-order valence-corrected chi connectivity index (χ4v) is 6.38. The van der Waals surface area contributed by atoms with Crippen LogP contribution in [0.25, 0.3) is 10.8 Å². The SMILES string of the molecule is Cc1ccc(S(=O)(=O)Nc2ccc3c(c2)C(=O)N([C@H](C)CO)C[C@H](C)[C@H](CN(C)C(=O)Nc2cccc4ccccc24)O3)cc1. The predicted molar refractivity (Wildman–Crippen MR) is 175 cm³/mol. The zero-order valence-corrected chi connectivity index (χ0v) is 26.5. The lowest BCUT2D eigenvalue weighted by Gasteiger charge is -2.38. The number of ether oxygens (including phenoxy) is 1. The number of hydrogen-bond donors (Lipinski definition) is 3. The summed E-state index contributed by atoms with van der Waals surface area (Å²) in [4.78, 5) is 30.3. The highest BCUT2D eigenvalue weighted by Crippen LogP contribution is 2.32. The number of nitrogens with one attached hydrogen (secondary N) is 2. The van der Waals surface area contributed by atoms with E-state index >= 15 is 0 Å². The van der Waals surface area contributed by atoms with Crippen molar-refractivity contribution in [1.29, 1.82) is 0 Å². The van der Waals surface area contributed by atoms with Crippen LogP contribution in [0, 0.1) is 12.8 Å². The van der Waals surface area contributed by atoms with E-state index in [0.29, 0.717) is 5.69 Å². The van der Waals surface area contributed by atoms with Crippen LogP contribution < -0.4 is 14.8 Å². The molecule has 1 aliphatic rings. The lowest BCUT2D eigenvalue weighted by Crippen LogP contribution is -2.50. The molecule has 0 aliphatic carbocycles. The van der Waals surface area contributed by atoms with Crippen molar-refractivity contribution in [3.05, 3.63) is 96.1 Å². The predicted octanol–water partition coefficient (Wildman–Crippen LogP) is 5.33. The van der Waals surface area contributed by atoms with Crippen LogP contribution in [0.2, 0.25) is 0 Å². The Morgan fingerprint density at radius 3 is 2.51 bits per heavy atom. The molecule has 0 unspecified atom stereocenters. The number of hydrogen-bond acceptors (Lipinski definition) is 6. The standard InChI is InChI=1S/C34H38N4O6S/c1-22-12-15-27(16-13-22)45(42,43)36-26-14-17-31-29(18-26)33(40)38(24(3)21-39)19-23(2)32(44-31)20-37(4)34(41)35-30-11-7-9-25-8-5-6-10-28(25)30/h5-18,23-24,32,36,39H,19-21H2,1-4H3,(H,35,41)/t23-,24+,32-/m0/s1. The van der Waals surface area contributed by atoms with Gasteiger partial charge >= 0.3 is 6.03 Å². The first-order chi connectivity index (χ1) is 21.5. The number of carbonyl (C=O) groups excluding carboxylic acids is 2. The summed E-state index contributed by atoms with van der Waals surface area (Å²) in [6, 6.07) is 23.7. The summed E-state index contributed by atoms with van der Waals surface area (Å²) < 4.78 is 35.1. The summed E-state index contributed by atoms with van der Waals surface area (Å²) in [7, 11) is -2.24. The average Bonchev–Trinajstić information content (AvgIpc) is 3.02. The number of anilines is 2. The van der Waals surface area contributed by atoms with E-state index < -0.39 is 28.1 Å². The Labute approximate surface area is 263 Å². The van der Waals surface area contributed by atoms with Crippen molar-refractivity contribution >= 4 is 44.1 Å². The molecule has 0 saturated carbocycles. The van der Waals surface area contributed by atoms with Crippen LogP contribution in [0.15, 0.2) is 89.8 Å². The summed E-state index contributed by atoms with van der Waals surface area (Å²) >= 11 is 0. The first kappa shape index (κ1) is 31.8. The molecule has 3 atom stereocenters. The molecule has 0 saturated heterocycles. The first-order valence-corrected chi connectivity index (χ1v) is 16.3. The maximum atomic E-state index is 13.8. The molecule has 0 aromatic heterocycles. The van der Waals surface area contributed by atoms with Gasteiger partial charge in [0, 0.05) is 30.6 Å². The number of sulfonamides is 1. The molecule has 236 valence electrons. The highest BCUT2D eigenvalue weighted by Gasteiger charge is 2.34. The van der Waals surface area contributed by atoms with Gasteiger partial charge in [-0.15, -0.1) is 0 Å². The van der Waals surface area contributed by atoms with Crippen molar-refractivity contribution in [1.82, 2.24) is 9.80 Å². The van der Waals surface area contributed by atoms with Gasteiger partial charge in [0.25, 0.3) is 15.9 Å². The van der Waals surface area contributed by atoms with Crippen LogP contribution in [0.4, 0.5) is 16.2 Å². The molecule has 3 amide bonds. The number of aryl methyl sites for hydroxylation is 1. The minimum absolute atomic E-state index is 0.0941. The smallest absolute Gasteiger partial charge is 0.321 e. The Bertz CT molecular complexity index is 1810. The Balaban J connectivity index is 1.40. The number of rotatable bonds is 8. The third kappa shape index (κ3) is 7.05. The van der Waals surface area contributed by atoms with Gasteiger partial charge in [0.05, 0.1) is 35.3 Å². The van der Waals surface area contributed by atoms with Crippen molar-refractivity contribution in [2.75, 3.05) is 36.8 Å². The highest BCUT2D eigenvalue weighted by atomic mass is 32.2. The van der Waals surface area contributed by atoms with Gasteiger partial charge in [-0.2, -0.15) is 0 Å². The van der Waals surface area contributed by atoms with Crippen molar-refractivity contribution < 1.29 is 27.9 Å². The van der Waals surface area contributed by atoms with Gasteiger partial charge in [0.15, 0.2) is 0 Å². The van der Waals surface area contributed by atoms with E-state index in [-0.39, 0.29) is 53.5 Å². The van der Waals surface area contributed by atoms with Gasteiger partial charge in [0.2, 0.25) is 0 Å². The van der Waals surface area contributed by atoms with Gasteiger partial charge in [-0.3, -0.25) is 9.52 Å². The Hall–Kier alpha value is -4.61. The van der Waals surface area contributed by atoms with Crippen LogP contribution >= 0.6 is 0 Å². The number of likely N-dealkylation sites (N-methyl/N-ethyl adjacent to an activating group) is 1. The molecule has 45 heavy (non-hydrogen) atoms. The van der Waals surface area contributed by atoms with E-state index in [1.165, 1.54) is 29.2 Å². The first-order valence-electron chi connectivity index (χ1n) is 14.8. The van der Waals surface area contributed by atoms with Crippen LogP contribution in [0.3, 0.4) is 0 Å². The van der Waals surface area contributed by atoms with Gasteiger partial charge < -0.3 is 25.0 Å². The van der Waals surface area contributed by atoms with E-state index in [0.717, 1.165) is 16.3 Å². The second-order valence-electron chi connectivity index (χ2n) is 11.6. The zero-order valence-electron chi connectivity index (χ0n) is 25.7. The normalized spacial score (nSPS) is 17.4. The molecular formula is C34H38N4O6S. The van der Waals surface area contributed by atoms with Gasteiger partial charge in [0.1, 0.15) is 11.9 Å². The topological polar surface area (TPSA) is 128 Å². The van der Waals surface area contributed by atoms with E-state index in [9.17, 15) is 23.1 Å². The Morgan fingerprint density at radius 1 is 1.07 bits per heavy atom.